The van der Waals surface area contributed by atoms with Gasteiger partial charge in [-0.2, -0.15) is 5.10 Å². The summed E-state index contributed by atoms with van der Waals surface area (Å²) >= 11 is 0. The number of carbonyl (C=O) groups excluding carboxylic acids is 3. The lowest BCUT2D eigenvalue weighted by Crippen LogP contribution is -2.46. The van der Waals surface area contributed by atoms with E-state index in [0.29, 0.717) is 24.3 Å². The van der Waals surface area contributed by atoms with Gasteiger partial charge in [0.25, 0.3) is 5.91 Å². The Morgan fingerprint density at radius 1 is 1.03 bits per heavy atom. The van der Waals surface area contributed by atoms with Crippen LogP contribution < -0.4 is 10.6 Å². The van der Waals surface area contributed by atoms with Crippen molar-refractivity contribution in [2.45, 2.75) is 32.2 Å². The maximum absolute atomic E-state index is 12.8. The van der Waals surface area contributed by atoms with E-state index < -0.39 is 0 Å². The molecule has 1 aromatic heterocycles. The molecule has 2 N–H and O–H groups in total. The molecule has 33 heavy (non-hydrogen) atoms. The first-order valence-electron chi connectivity index (χ1n) is 11.0. The molecule has 0 aliphatic carbocycles. The summed E-state index contributed by atoms with van der Waals surface area (Å²) in [6.07, 6.45) is 5.08. The lowest BCUT2D eigenvalue weighted by Gasteiger charge is -2.31. The van der Waals surface area contributed by atoms with Crippen LogP contribution in [0.1, 0.15) is 35.7 Å². The molecule has 8 nitrogen and oxygen atoms in total. The van der Waals surface area contributed by atoms with Crippen LogP contribution in [0.5, 0.6) is 0 Å². The van der Waals surface area contributed by atoms with Crippen molar-refractivity contribution < 1.29 is 14.4 Å². The van der Waals surface area contributed by atoms with E-state index in [2.05, 4.69) is 15.7 Å². The van der Waals surface area contributed by atoms with Gasteiger partial charge in [0.2, 0.25) is 11.8 Å². The minimum Gasteiger partial charge on any atom is -0.349 e. The van der Waals surface area contributed by atoms with Gasteiger partial charge in [0, 0.05) is 31.6 Å². The fourth-order valence-electron chi connectivity index (χ4n) is 3.91. The second-order valence-electron chi connectivity index (χ2n) is 8.19. The SMILES string of the molecule is CC(=O)N1CCC(NC(=O)c2cccc(-n3cc(NC(=O)Cc4ccccc4)cn3)c2)CC1. The fourth-order valence-corrected chi connectivity index (χ4v) is 3.91. The number of rotatable bonds is 6. The molecule has 0 saturated carbocycles. The van der Waals surface area contributed by atoms with Crippen LogP contribution in [-0.2, 0) is 16.0 Å². The van der Waals surface area contributed by atoms with Crippen molar-refractivity contribution in [2.75, 3.05) is 18.4 Å². The Labute approximate surface area is 192 Å². The number of piperidine rings is 1. The molecule has 1 saturated heterocycles. The molecule has 1 aliphatic rings. The van der Waals surface area contributed by atoms with Gasteiger partial charge in [-0.05, 0) is 36.6 Å². The van der Waals surface area contributed by atoms with E-state index in [1.54, 1.807) is 47.1 Å². The van der Waals surface area contributed by atoms with Crippen LogP contribution in [0.25, 0.3) is 5.69 Å². The highest BCUT2D eigenvalue weighted by molar-refractivity contribution is 5.95. The van der Waals surface area contributed by atoms with Crippen LogP contribution in [0.4, 0.5) is 5.69 Å². The van der Waals surface area contributed by atoms with E-state index in [9.17, 15) is 14.4 Å². The second-order valence-corrected chi connectivity index (χ2v) is 8.19. The van der Waals surface area contributed by atoms with Crippen LogP contribution >= 0.6 is 0 Å². The number of likely N-dealkylation sites (tertiary alicyclic amines) is 1. The van der Waals surface area contributed by atoms with Crippen molar-refractivity contribution in [3.05, 3.63) is 78.1 Å². The topological polar surface area (TPSA) is 96.3 Å². The molecular weight excluding hydrogens is 418 g/mol. The number of hydrogen-bond donors (Lipinski definition) is 2. The van der Waals surface area contributed by atoms with Crippen molar-refractivity contribution in [1.82, 2.24) is 20.0 Å². The summed E-state index contributed by atoms with van der Waals surface area (Å²) in [4.78, 5) is 38.3. The number of amides is 3. The molecule has 3 amide bonds. The van der Waals surface area contributed by atoms with Crippen LogP contribution in [0, 0.1) is 0 Å². The number of nitrogens with one attached hydrogen (secondary N) is 2. The van der Waals surface area contributed by atoms with Crippen molar-refractivity contribution in [3.8, 4) is 5.69 Å². The summed E-state index contributed by atoms with van der Waals surface area (Å²) in [5, 5.41) is 10.2. The normalized spacial score (nSPS) is 14.0. The van der Waals surface area contributed by atoms with Crippen LogP contribution in [0.15, 0.2) is 67.0 Å². The summed E-state index contributed by atoms with van der Waals surface area (Å²) in [6, 6.07) is 16.8. The lowest BCUT2D eigenvalue weighted by molar-refractivity contribution is -0.129. The van der Waals surface area contributed by atoms with Gasteiger partial charge in [0.1, 0.15) is 0 Å². The maximum Gasteiger partial charge on any atom is 0.251 e. The van der Waals surface area contributed by atoms with E-state index in [1.165, 1.54) is 0 Å². The second kappa shape index (κ2) is 10.1. The zero-order valence-corrected chi connectivity index (χ0v) is 18.5. The van der Waals surface area contributed by atoms with Gasteiger partial charge in [-0.3, -0.25) is 14.4 Å². The minimum atomic E-state index is -0.151. The Kier molecular flexibility index (Phi) is 6.83. The first-order valence-corrected chi connectivity index (χ1v) is 11.0. The Morgan fingerprint density at radius 3 is 2.52 bits per heavy atom. The van der Waals surface area contributed by atoms with Crippen molar-refractivity contribution in [1.29, 1.82) is 0 Å². The number of benzene rings is 2. The number of anilines is 1. The molecule has 1 fully saturated rings. The first-order chi connectivity index (χ1) is 16.0. The highest BCUT2D eigenvalue weighted by Gasteiger charge is 2.22. The van der Waals surface area contributed by atoms with E-state index in [1.807, 2.05) is 36.4 Å². The minimum absolute atomic E-state index is 0.0490. The molecule has 1 aliphatic heterocycles. The molecule has 8 heteroatoms. The van der Waals surface area contributed by atoms with Crippen LogP contribution in [0.3, 0.4) is 0 Å². The predicted molar refractivity (Wildman–Crippen MR) is 125 cm³/mol. The average molecular weight is 446 g/mol. The summed E-state index contributed by atoms with van der Waals surface area (Å²) in [6.45, 7) is 2.89. The first kappa shape index (κ1) is 22.3. The van der Waals surface area contributed by atoms with E-state index in [4.69, 9.17) is 0 Å². The highest BCUT2D eigenvalue weighted by Crippen LogP contribution is 2.16. The van der Waals surface area contributed by atoms with Crippen molar-refractivity contribution >= 4 is 23.4 Å². The Bertz CT molecular complexity index is 1130. The van der Waals surface area contributed by atoms with Crippen LogP contribution in [0.2, 0.25) is 0 Å². The van der Waals surface area contributed by atoms with Crippen LogP contribution in [-0.4, -0.2) is 51.5 Å². The van der Waals surface area contributed by atoms with Gasteiger partial charge < -0.3 is 15.5 Å². The molecule has 0 atom stereocenters. The molecule has 3 aromatic rings. The molecular formula is C25H27N5O3. The van der Waals surface area contributed by atoms with E-state index in [0.717, 1.165) is 24.1 Å². The summed E-state index contributed by atoms with van der Waals surface area (Å²) in [5.41, 5.74) is 2.78. The zero-order valence-electron chi connectivity index (χ0n) is 18.5. The van der Waals surface area contributed by atoms with E-state index in [-0.39, 0.29) is 30.2 Å². The number of nitrogens with zero attached hydrogens (tertiary/aromatic N) is 3. The zero-order chi connectivity index (χ0) is 23.2. The van der Waals surface area contributed by atoms with Crippen molar-refractivity contribution in [3.63, 3.8) is 0 Å². The predicted octanol–water partition coefficient (Wildman–Crippen LogP) is 2.79. The van der Waals surface area contributed by atoms with Crippen molar-refractivity contribution in [2.24, 2.45) is 0 Å². The summed E-state index contributed by atoms with van der Waals surface area (Å²) < 4.78 is 1.63. The highest BCUT2D eigenvalue weighted by atomic mass is 16.2. The van der Waals surface area contributed by atoms with Gasteiger partial charge in [0.15, 0.2) is 0 Å². The fraction of sp³-hybridized carbons (Fsp3) is 0.280. The monoisotopic (exact) mass is 445 g/mol. The standard InChI is InChI=1S/C25H27N5O3/c1-18(31)29-12-10-21(11-13-29)28-25(33)20-8-5-9-23(15-20)30-17-22(16-26-30)27-24(32)14-19-6-3-2-4-7-19/h2-9,15-17,21H,10-14H2,1H3,(H,27,32)(H,28,33). The van der Waals surface area contributed by atoms with E-state index >= 15 is 0 Å². The van der Waals surface area contributed by atoms with Gasteiger partial charge >= 0.3 is 0 Å². The molecule has 0 spiro atoms. The smallest absolute Gasteiger partial charge is 0.251 e. The third-order valence-electron chi connectivity index (χ3n) is 5.72. The average Bonchev–Trinajstić information content (AvgIpc) is 3.28. The van der Waals surface area contributed by atoms with Gasteiger partial charge in [-0.15, -0.1) is 0 Å². The molecule has 0 bridgehead atoms. The number of carbonyl (C=O) groups is 3. The third kappa shape index (κ3) is 5.85. The summed E-state index contributed by atoms with van der Waals surface area (Å²) in [7, 11) is 0. The Balaban J connectivity index is 1.36. The third-order valence-corrected chi connectivity index (χ3v) is 5.72. The van der Waals surface area contributed by atoms with Gasteiger partial charge in [-0.25, -0.2) is 4.68 Å². The number of hydrogen-bond acceptors (Lipinski definition) is 4. The Morgan fingerprint density at radius 2 is 1.79 bits per heavy atom. The number of aromatic nitrogens is 2. The Hall–Kier alpha value is -3.94. The molecule has 4 rings (SSSR count). The molecule has 2 aromatic carbocycles. The summed E-state index contributed by atoms with van der Waals surface area (Å²) in [5.74, 6) is -0.200. The molecule has 170 valence electrons. The molecule has 0 unspecified atom stereocenters. The van der Waals surface area contributed by atoms with Gasteiger partial charge in [0.05, 0.1) is 30.2 Å². The maximum atomic E-state index is 12.8. The lowest BCUT2D eigenvalue weighted by atomic mass is 10.0. The van der Waals surface area contributed by atoms with Gasteiger partial charge in [-0.1, -0.05) is 36.4 Å². The molecule has 2 heterocycles. The quantitative estimate of drug-likeness (QED) is 0.610. The largest absolute Gasteiger partial charge is 0.349 e. The molecule has 0 radical (unpaired) electrons.